The molecule has 21 heavy (non-hydrogen) atoms. The Morgan fingerprint density at radius 1 is 1.00 bits per heavy atom. The lowest BCUT2D eigenvalue weighted by atomic mass is 10.1. The summed E-state index contributed by atoms with van der Waals surface area (Å²) in [6.07, 6.45) is 1.52. The molecular formula is C15H9FN4O. The number of hydrogen-bond donors (Lipinski definition) is 0. The van der Waals surface area contributed by atoms with Gasteiger partial charge in [-0.3, -0.25) is 0 Å². The summed E-state index contributed by atoms with van der Waals surface area (Å²) in [7, 11) is 0. The summed E-state index contributed by atoms with van der Waals surface area (Å²) < 4.78 is 15.5. The largest absolute Gasteiger partial charge is 0.594 e. The lowest BCUT2D eigenvalue weighted by Crippen LogP contribution is -2.33. The van der Waals surface area contributed by atoms with E-state index in [0.29, 0.717) is 32.7 Å². The SMILES string of the molecule is [O-][n+]1nc2c(-c3ccccc3F)cnn2c2ccccc21. The zero-order valence-corrected chi connectivity index (χ0v) is 10.8. The third kappa shape index (κ3) is 1.66. The van der Waals surface area contributed by atoms with Crippen LogP contribution in [0.5, 0.6) is 0 Å². The maximum atomic E-state index is 13.9. The number of hydrogen-bond acceptors (Lipinski definition) is 3. The van der Waals surface area contributed by atoms with Crippen molar-refractivity contribution >= 4 is 16.7 Å². The van der Waals surface area contributed by atoms with Crippen LogP contribution in [-0.4, -0.2) is 14.7 Å². The van der Waals surface area contributed by atoms with Gasteiger partial charge >= 0.3 is 0 Å². The van der Waals surface area contributed by atoms with Gasteiger partial charge in [0.25, 0.3) is 5.52 Å². The highest BCUT2D eigenvalue weighted by Crippen LogP contribution is 2.26. The summed E-state index contributed by atoms with van der Waals surface area (Å²) in [5, 5.41) is 20.2. The fraction of sp³-hybridized carbons (Fsp3) is 0. The molecule has 2 aromatic carbocycles. The Labute approximate surface area is 118 Å². The molecule has 4 aromatic rings. The summed E-state index contributed by atoms with van der Waals surface area (Å²) in [5.41, 5.74) is 2.22. The van der Waals surface area contributed by atoms with Gasteiger partial charge in [-0.15, -0.1) is 0 Å². The number of fused-ring (bicyclic) bond motifs is 3. The smallest absolute Gasteiger partial charge is 0.270 e. The van der Waals surface area contributed by atoms with Crippen molar-refractivity contribution in [3.05, 3.63) is 65.8 Å². The van der Waals surface area contributed by atoms with Crippen LogP contribution in [-0.2, 0) is 0 Å². The Kier molecular flexibility index (Phi) is 2.38. The molecule has 0 aliphatic heterocycles. The molecule has 0 saturated heterocycles. The summed E-state index contributed by atoms with van der Waals surface area (Å²) in [6.45, 7) is 0. The van der Waals surface area contributed by atoms with Gasteiger partial charge in [0.1, 0.15) is 11.3 Å². The maximum absolute atomic E-state index is 13.9. The number of halogens is 1. The predicted molar refractivity (Wildman–Crippen MR) is 74.8 cm³/mol. The van der Waals surface area contributed by atoms with Crippen molar-refractivity contribution in [3.63, 3.8) is 0 Å². The third-order valence-corrected chi connectivity index (χ3v) is 3.41. The lowest BCUT2D eigenvalue weighted by molar-refractivity contribution is -0.640. The van der Waals surface area contributed by atoms with Crippen molar-refractivity contribution in [1.29, 1.82) is 0 Å². The second kappa shape index (κ2) is 4.24. The molecule has 2 aromatic heterocycles. The van der Waals surface area contributed by atoms with Crippen LogP contribution in [0.3, 0.4) is 0 Å². The van der Waals surface area contributed by atoms with E-state index in [-0.39, 0.29) is 5.82 Å². The number of rotatable bonds is 1. The highest BCUT2D eigenvalue weighted by atomic mass is 19.1. The molecule has 0 saturated carbocycles. The Morgan fingerprint density at radius 3 is 2.62 bits per heavy atom. The van der Waals surface area contributed by atoms with E-state index in [4.69, 9.17) is 0 Å². The first-order valence-corrected chi connectivity index (χ1v) is 6.37. The van der Waals surface area contributed by atoms with Gasteiger partial charge in [-0.1, -0.05) is 30.3 Å². The summed E-state index contributed by atoms with van der Waals surface area (Å²) in [6, 6.07) is 13.4. The molecule has 0 atom stereocenters. The first-order valence-electron chi connectivity index (χ1n) is 6.37. The molecule has 0 amide bonds. The summed E-state index contributed by atoms with van der Waals surface area (Å²) >= 11 is 0. The van der Waals surface area contributed by atoms with Crippen LogP contribution in [0, 0.1) is 11.0 Å². The highest BCUT2D eigenvalue weighted by Gasteiger charge is 2.18. The first kappa shape index (κ1) is 11.8. The van der Waals surface area contributed by atoms with Crippen LogP contribution in [0.15, 0.2) is 54.7 Å². The fourth-order valence-corrected chi connectivity index (χ4v) is 2.43. The van der Waals surface area contributed by atoms with Gasteiger partial charge in [0.2, 0.25) is 5.65 Å². The van der Waals surface area contributed by atoms with Crippen LogP contribution in [0.1, 0.15) is 0 Å². The zero-order valence-electron chi connectivity index (χ0n) is 10.8. The van der Waals surface area contributed by atoms with Crippen molar-refractivity contribution in [2.24, 2.45) is 0 Å². The van der Waals surface area contributed by atoms with Crippen molar-refractivity contribution in [2.75, 3.05) is 0 Å². The second-order valence-corrected chi connectivity index (χ2v) is 4.64. The van der Waals surface area contributed by atoms with Crippen LogP contribution >= 0.6 is 0 Å². The quantitative estimate of drug-likeness (QED) is 0.397. The monoisotopic (exact) mass is 280 g/mol. The topological polar surface area (TPSA) is 57.1 Å². The number of benzene rings is 2. The molecule has 4 rings (SSSR count). The number of aromatic nitrogens is 4. The maximum Gasteiger partial charge on any atom is 0.270 e. The van der Waals surface area contributed by atoms with Gasteiger partial charge in [0.05, 0.1) is 11.8 Å². The lowest BCUT2D eigenvalue weighted by Gasteiger charge is -2.03. The van der Waals surface area contributed by atoms with Crippen molar-refractivity contribution in [2.45, 2.75) is 0 Å². The summed E-state index contributed by atoms with van der Waals surface area (Å²) in [4.78, 5) is 0.538. The van der Waals surface area contributed by atoms with Gasteiger partial charge < -0.3 is 5.21 Å². The van der Waals surface area contributed by atoms with E-state index >= 15 is 0 Å². The molecule has 5 nitrogen and oxygen atoms in total. The third-order valence-electron chi connectivity index (χ3n) is 3.41. The molecule has 0 aliphatic rings. The predicted octanol–water partition coefficient (Wildman–Crippen LogP) is 2.32. The number of para-hydroxylation sites is 2. The molecular weight excluding hydrogens is 271 g/mol. The van der Waals surface area contributed by atoms with E-state index in [2.05, 4.69) is 10.2 Å². The average Bonchev–Trinajstić information content (AvgIpc) is 2.92. The van der Waals surface area contributed by atoms with Crippen molar-refractivity contribution < 1.29 is 9.24 Å². The Morgan fingerprint density at radius 2 is 1.76 bits per heavy atom. The van der Waals surface area contributed by atoms with Crippen LogP contribution in [0.4, 0.5) is 4.39 Å². The van der Waals surface area contributed by atoms with Crippen LogP contribution in [0.25, 0.3) is 27.8 Å². The molecule has 0 fully saturated rings. The minimum Gasteiger partial charge on any atom is -0.594 e. The molecule has 0 radical (unpaired) electrons. The minimum absolute atomic E-state index is 0.328. The van der Waals surface area contributed by atoms with E-state index in [1.807, 2.05) is 6.07 Å². The first-order chi connectivity index (χ1) is 10.3. The zero-order chi connectivity index (χ0) is 14.4. The normalized spacial score (nSPS) is 11.3. The van der Waals surface area contributed by atoms with Crippen molar-refractivity contribution in [1.82, 2.24) is 14.7 Å². The second-order valence-electron chi connectivity index (χ2n) is 4.64. The van der Waals surface area contributed by atoms with Crippen molar-refractivity contribution in [3.8, 4) is 11.1 Å². The number of nitrogens with zero attached hydrogens (tertiary/aromatic N) is 4. The molecule has 102 valence electrons. The fourth-order valence-electron chi connectivity index (χ4n) is 2.43. The van der Waals surface area contributed by atoms with Crippen LogP contribution in [0.2, 0.25) is 0 Å². The van der Waals surface area contributed by atoms with Crippen LogP contribution < -0.4 is 4.85 Å². The van der Waals surface area contributed by atoms with E-state index < -0.39 is 0 Å². The van der Waals surface area contributed by atoms with E-state index in [1.54, 1.807) is 40.9 Å². The standard InChI is InChI=1S/C15H9FN4O/c16-12-6-2-1-5-10(12)11-9-17-19-13-7-3-4-8-14(13)20(21)18-15(11)19/h1-9H. The highest BCUT2D eigenvalue weighted by molar-refractivity contribution is 5.81. The molecule has 0 N–H and O–H groups in total. The minimum atomic E-state index is -0.375. The summed E-state index contributed by atoms with van der Waals surface area (Å²) in [5.74, 6) is -0.375. The van der Waals surface area contributed by atoms with E-state index in [9.17, 15) is 9.60 Å². The molecule has 0 spiro atoms. The molecule has 0 aliphatic carbocycles. The molecule has 6 heteroatoms. The average molecular weight is 280 g/mol. The van der Waals surface area contributed by atoms with Gasteiger partial charge in [0.15, 0.2) is 0 Å². The Balaban J connectivity index is 2.12. The molecule has 0 unspecified atom stereocenters. The van der Waals surface area contributed by atoms with Gasteiger partial charge in [0, 0.05) is 16.7 Å². The molecule has 2 heterocycles. The van der Waals surface area contributed by atoms with E-state index in [1.165, 1.54) is 12.3 Å². The Hall–Kier alpha value is -3.02. The Bertz CT molecular complexity index is 980. The van der Waals surface area contributed by atoms with Gasteiger partial charge in [-0.05, 0) is 17.0 Å². The molecule has 0 bridgehead atoms. The van der Waals surface area contributed by atoms with Gasteiger partial charge in [-0.25, -0.2) is 8.91 Å². The van der Waals surface area contributed by atoms with E-state index in [0.717, 1.165) is 0 Å². The van der Waals surface area contributed by atoms with Gasteiger partial charge in [-0.2, -0.15) is 5.10 Å².